The van der Waals surface area contributed by atoms with Crippen LogP contribution in [0, 0.1) is 0 Å². The summed E-state index contributed by atoms with van der Waals surface area (Å²) in [7, 11) is 1.71. The van der Waals surface area contributed by atoms with Crippen LogP contribution in [0.15, 0.2) is 43.8 Å². The number of nitrogens with zero attached hydrogens (tertiary/aromatic N) is 4. The van der Waals surface area contributed by atoms with E-state index in [-0.39, 0.29) is 11.1 Å². The molecule has 0 bridgehead atoms. The number of hydrogen-bond donors (Lipinski definition) is 0. The van der Waals surface area contributed by atoms with Gasteiger partial charge in [-0.25, -0.2) is 9.97 Å². The maximum Gasteiger partial charge on any atom is 0.262 e. The Balaban J connectivity index is 1.69. The van der Waals surface area contributed by atoms with Crippen LogP contribution < -0.4 is 11.1 Å². The van der Waals surface area contributed by atoms with Crippen molar-refractivity contribution in [2.24, 2.45) is 7.05 Å². The Hall–Kier alpha value is -1.97. The van der Waals surface area contributed by atoms with Gasteiger partial charge in [0.15, 0.2) is 10.1 Å². The molecule has 0 saturated heterocycles. The Bertz CT molecular complexity index is 1140. The molecule has 4 rings (SSSR count). The quantitative estimate of drug-likeness (QED) is 0.413. The topological polar surface area (TPSA) is 69.3 Å². The SMILES string of the molecule is Cn1c(SCc2cc(=O)n3ccsc3n2)nc2sccc2c1=O. The van der Waals surface area contributed by atoms with Crippen LogP contribution in [0.3, 0.4) is 0 Å². The second-order valence-electron chi connectivity index (χ2n) is 4.83. The number of aromatic nitrogens is 4. The largest absolute Gasteiger partial charge is 0.290 e. The molecule has 0 spiro atoms. The third kappa shape index (κ3) is 2.50. The van der Waals surface area contributed by atoms with Crippen molar-refractivity contribution < 1.29 is 0 Å². The highest BCUT2D eigenvalue weighted by Gasteiger charge is 2.11. The highest BCUT2D eigenvalue weighted by molar-refractivity contribution is 7.98. The van der Waals surface area contributed by atoms with Gasteiger partial charge < -0.3 is 0 Å². The summed E-state index contributed by atoms with van der Waals surface area (Å²) in [5.74, 6) is 0.487. The molecular weight excluding hydrogens is 352 g/mol. The van der Waals surface area contributed by atoms with Gasteiger partial charge in [-0.2, -0.15) is 0 Å². The Morgan fingerprint density at radius 2 is 2.09 bits per heavy atom. The fourth-order valence-corrected chi connectivity index (χ4v) is 4.62. The molecule has 0 aliphatic carbocycles. The van der Waals surface area contributed by atoms with E-state index in [1.54, 1.807) is 19.3 Å². The molecule has 4 aromatic rings. The molecule has 0 saturated carbocycles. The third-order valence-corrected chi connectivity index (χ3v) is 6.00. The normalized spacial score (nSPS) is 11.5. The molecular formula is C14H10N4O2S3. The van der Waals surface area contributed by atoms with Gasteiger partial charge in [0.25, 0.3) is 11.1 Å². The number of thiazole rings is 1. The highest BCUT2D eigenvalue weighted by Crippen LogP contribution is 2.23. The minimum absolute atomic E-state index is 0.0551. The zero-order valence-electron chi connectivity index (χ0n) is 11.9. The van der Waals surface area contributed by atoms with E-state index in [9.17, 15) is 9.59 Å². The van der Waals surface area contributed by atoms with Gasteiger partial charge in [0.2, 0.25) is 0 Å². The number of thiophene rings is 1. The molecule has 0 aromatic carbocycles. The van der Waals surface area contributed by atoms with Crippen LogP contribution >= 0.6 is 34.4 Å². The molecule has 116 valence electrons. The summed E-state index contributed by atoms with van der Waals surface area (Å²) in [5, 5.41) is 4.95. The second-order valence-corrected chi connectivity index (χ2v) is 7.54. The van der Waals surface area contributed by atoms with Crippen molar-refractivity contribution in [3.63, 3.8) is 0 Å². The van der Waals surface area contributed by atoms with Gasteiger partial charge in [-0.05, 0) is 11.4 Å². The minimum atomic E-state index is -0.0950. The summed E-state index contributed by atoms with van der Waals surface area (Å²) < 4.78 is 3.06. The van der Waals surface area contributed by atoms with E-state index in [0.717, 1.165) is 4.83 Å². The van der Waals surface area contributed by atoms with E-state index in [1.807, 2.05) is 10.8 Å². The third-order valence-electron chi connectivity index (χ3n) is 3.37. The van der Waals surface area contributed by atoms with E-state index >= 15 is 0 Å². The van der Waals surface area contributed by atoms with E-state index in [4.69, 9.17) is 0 Å². The molecule has 0 amide bonds. The smallest absolute Gasteiger partial charge is 0.262 e. The number of hydrogen-bond acceptors (Lipinski definition) is 7. The first-order valence-corrected chi connectivity index (χ1v) is 9.41. The summed E-state index contributed by atoms with van der Waals surface area (Å²) in [6.07, 6.45) is 1.71. The number of rotatable bonds is 3. The first kappa shape index (κ1) is 14.6. The van der Waals surface area contributed by atoms with Crippen molar-refractivity contribution in [2.75, 3.05) is 0 Å². The Labute approximate surface area is 142 Å². The van der Waals surface area contributed by atoms with Gasteiger partial charge in [-0.3, -0.25) is 18.6 Å². The van der Waals surface area contributed by atoms with E-state index in [2.05, 4.69) is 9.97 Å². The molecule has 9 heteroatoms. The van der Waals surface area contributed by atoms with Gasteiger partial charge in [0, 0.05) is 30.4 Å². The molecule has 0 atom stereocenters. The predicted molar refractivity (Wildman–Crippen MR) is 93.8 cm³/mol. The molecule has 0 N–H and O–H groups in total. The van der Waals surface area contributed by atoms with Gasteiger partial charge >= 0.3 is 0 Å². The average Bonchev–Trinajstić information content (AvgIpc) is 3.18. The van der Waals surface area contributed by atoms with Crippen LogP contribution in [0.1, 0.15) is 5.69 Å². The van der Waals surface area contributed by atoms with E-state index < -0.39 is 0 Å². The van der Waals surface area contributed by atoms with Crippen LogP contribution in [0.4, 0.5) is 0 Å². The molecule has 4 aromatic heterocycles. The summed E-state index contributed by atoms with van der Waals surface area (Å²) in [6, 6.07) is 3.31. The lowest BCUT2D eigenvalue weighted by Crippen LogP contribution is -2.19. The predicted octanol–water partition coefficient (Wildman–Crippen LogP) is 2.36. The van der Waals surface area contributed by atoms with Crippen LogP contribution in [-0.4, -0.2) is 18.9 Å². The molecule has 6 nitrogen and oxygen atoms in total. The minimum Gasteiger partial charge on any atom is -0.290 e. The fourth-order valence-electron chi connectivity index (χ4n) is 2.21. The maximum absolute atomic E-state index is 12.3. The molecule has 4 heterocycles. The lowest BCUT2D eigenvalue weighted by atomic mass is 10.4. The van der Waals surface area contributed by atoms with Crippen molar-refractivity contribution >= 4 is 49.6 Å². The molecule has 0 radical (unpaired) electrons. The average molecular weight is 362 g/mol. The van der Waals surface area contributed by atoms with E-state index in [1.165, 1.54) is 49.5 Å². The van der Waals surface area contributed by atoms with Gasteiger partial charge in [0.1, 0.15) is 4.83 Å². The van der Waals surface area contributed by atoms with Gasteiger partial charge in [-0.1, -0.05) is 11.8 Å². The lowest BCUT2D eigenvalue weighted by molar-refractivity contribution is 0.727. The highest BCUT2D eigenvalue weighted by atomic mass is 32.2. The summed E-state index contributed by atoms with van der Waals surface area (Å²) in [5.41, 5.74) is 0.533. The molecule has 0 aliphatic heterocycles. The Morgan fingerprint density at radius 3 is 2.96 bits per heavy atom. The first-order chi connectivity index (χ1) is 11.1. The summed E-state index contributed by atoms with van der Waals surface area (Å²) >= 11 is 4.27. The standard InChI is InChI=1S/C14H10N4O2S3/c1-17-12(20)9-2-4-21-11(9)16-13(17)23-7-8-6-10(19)18-3-5-22-14(18)15-8/h2-6H,7H2,1H3. The fraction of sp³-hybridized carbons (Fsp3) is 0.143. The van der Waals surface area contributed by atoms with Crippen molar-refractivity contribution in [1.29, 1.82) is 0 Å². The Kier molecular flexibility index (Phi) is 3.55. The molecule has 23 heavy (non-hydrogen) atoms. The second kappa shape index (κ2) is 5.59. The van der Waals surface area contributed by atoms with Crippen LogP contribution in [0.25, 0.3) is 15.2 Å². The molecule has 0 unspecified atom stereocenters. The number of fused-ring (bicyclic) bond motifs is 2. The Morgan fingerprint density at radius 1 is 1.22 bits per heavy atom. The lowest BCUT2D eigenvalue weighted by Gasteiger charge is -2.06. The van der Waals surface area contributed by atoms with Gasteiger partial charge in [-0.15, -0.1) is 22.7 Å². The van der Waals surface area contributed by atoms with Crippen LogP contribution in [0.2, 0.25) is 0 Å². The van der Waals surface area contributed by atoms with Crippen LogP contribution in [0.5, 0.6) is 0 Å². The van der Waals surface area contributed by atoms with Crippen molar-refractivity contribution in [1.82, 2.24) is 18.9 Å². The summed E-state index contributed by atoms with van der Waals surface area (Å²) in [6.45, 7) is 0. The monoisotopic (exact) mass is 362 g/mol. The van der Waals surface area contributed by atoms with E-state index in [0.29, 0.717) is 27.0 Å². The van der Waals surface area contributed by atoms with Crippen molar-refractivity contribution in [3.05, 3.63) is 55.5 Å². The van der Waals surface area contributed by atoms with Gasteiger partial charge in [0.05, 0.1) is 11.1 Å². The first-order valence-electron chi connectivity index (χ1n) is 6.66. The van der Waals surface area contributed by atoms with Crippen molar-refractivity contribution in [3.8, 4) is 0 Å². The van der Waals surface area contributed by atoms with Crippen molar-refractivity contribution in [2.45, 2.75) is 10.9 Å². The molecule has 0 fully saturated rings. The summed E-state index contributed by atoms with van der Waals surface area (Å²) in [4.78, 5) is 34.6. The maximum atomic E-state index is 12.3. The zero-order chi connectivity index (χ0) is 16.0. The van der Waals surface area contributed by atoms with Crippen LogP contribution in [-0.2, 0) is 12.8 Å². The molecule has 0 aliphatic rings. The zero-order valence-corrected chi connectivity index (χ0v) is 14.4. The number of thioether (sulfide) groups is 1.